The molecule has 0 aromatic carbocycles. The molecule has 0 aliphatic heterocycles. The third-order valence-corrected chi connectivity index (χ3v) is 5.39. The summed E-state index contributed by atoms with van der Waals surface area (Å²) in [7, 11) is 2.04. The van der Waals surface area contributed by atoms with Crippen LogP contribution in [0.15, 0.2) is 26.0 Å². The van der Waals surface area contributed by atoms with E-state index in [0.29, 0.717) is 0 Å². The van der Waals surface area contributed by atoms with E-state index < -0.39 is 0 Å². The van der Waals surface area contributed by atoms with Crippen LogP contribution in [0.5, 0.6) is 0 Å². The van der Waals surface area contributed by atoms with E-state index in [1.165, 1.54) is 9.35 Å². The van der Waals surface area contributed by atoms with E-state index in [4.69, 9.17) is 0 Å². The Morgan fingerprint density at radius 3 is 2.79 bits per heavy atom. The Morgan fingerprint density at radius 1 is 1.47 bits per heavy atom. The molecule has 0 radical (unpaired) electrons. The maximum absolute atomic E-state index is 4.42. The molecule has 6 heteroatoms. The summed E-state index contributed by atoms with van der Waals surface area (Å²) in [5.41, 5.74) is 1.30. The van der Waals surface area contributed by atoms with E-state index in [1.807, 2.05) is 19.4 Å². The van der Waals surface area contributed by atoms with Gasteiger partial charge in [-0.3, -0.25) is 0 Å². The summed E-state index contributed by atoms with van der Waals surface area (Å²) in [6.07, 6.45) is 5.86. The molecule has 0 fully saturated rings. The minimum atomic E-state index is 0.290. The number of imidazole rings is 1. The van der Waals surface area contributed by atoms with E-state index in [2.05, 4.69) is 59.7 Å². The first-order valence-electron chi connectivity index (χ1n) is 6.26. The second-order valence-corrected chi connectivity index (χ2v) is 8.19. The van der Waals surface area contributed by atoms with Gasteiger partial charge in [0.05, 0.1) is 7.57 Å². The van der Waals surface area contributed by atoms with Crippen LogP contribution in [0.1, 0.15) is 30.8 Å². The highest BCUT2D eigenvalue weighted by Gasteiger charge is 2.18. The fourth-order valence-electron chi connectivity index (χ4n) is 1.98. The van der Waals surface area contributed by atoms with E-state index >= 15 is 0 Å². The maximum Gasteiger partial charge on any atom is 0.110 e. The highest BCUT2D eigenvalue weighted by atomic mass is 79.9. The molecule has 1 atom stereocenters. The van der Waals surface area contributed by atoms with E-state index in [1.54, 1.807) is 11.3 Å². The van der Waals surface area contributed by atoms with Crippen molar-refractivity contribution >= 4 is 43.2 Å². The Labute approximate surface area is 134 Å². The summed E-state index contributed by atoms with van der Waals surface area (Å²) >= 11 is 8.92. The highest BCUT2D eigenvalue weighted by molar-refractivity contribution is 9.12. The summed E-state index contributed by atoms with van der Waals surface area (Å²) in [6.45, 7) is 3.19. The zero-order chi connectivity index (χ0) is 13.8. The zero-order valence-corrected chi connectivity index (χ0v) is 15.0. The van der Waals surface area contributed by atoms with Crippen molar-refractivity contribution < 1.29 is 0 Å². The molecular weight excluding hydrogens is 390 g/mol. The van der Waals surface area contributed by atoms with Gasteiger partial charge in [-0.2, -0.15) is 0 Å². The number of thiophene rings is 1. The Bertz CT molecular complexity index is 536. The fourth-order valence-corrected chi connectivity index (χ4v) is 4.95. The van der Waals surface area contributed by atoms with Crippen molar-refractivity contribution in [3.63, 3.8) is 0 Å². The number of nitrogens with one attached hydrogen (secondary N) is 1. The summed E-state index contributed by atoms with van der Waals surface area (Å²) in [5, 5.41) is 3.61. The molecule has 0 aliphatic carbocycles. The van der Waals surface area contributed by atoms with Crippen LogP contribution in [-0.4, -0.2) is 16.1 Å². The molecular formula is C13H17Br2N3S. The molecule has 0 bridgehead atoms. The normalized spacial score (nSPS) is 12.8. The van der Waals surface area contributed by atoms with Gasteiger partial charge in [0.2, 0.25) is 0 Å². The fraction of sp³-hybridized carbons (Fsp3) is 0.462. The molecule has 1 N–H and O–H groups in total. The van der Waals surface area contributed by atoms with Gasteiger partial charge in [-0.1, -0.05) is 6.92 Å². The molecule has 104 valence electrons. The van der Waals surface area contributed by atoms with E-state index in [-0.39, 0.29) is 6.04 Å². The second kappa shape index (κ2) is 7.02. The van der Waals surface area contributed by atoms with Crippen LogP contribution in [-0.2, 0) is 13.5 Å². The lowest BCUT2D eigenvalue weighted by atomic mass is 10.1. The quantitative estimate of drug-likeness (QED) is 0.775. The summed E-state index contributed by atoms with van der Waals surface area (Å²) in [5.74, 6) is 1.10. The molecule has 2 heterocycles. The van der Waals surface area contributed by atoms with Gasteiger partial charge in [0.25, 0.3) is 0 Å². The molecule has 0 spiro atoms. The van der Waals surface area contributed by atoms with Crippen LogP contribution in [0.3, 0.4) is 0 Å². The average molecular weight is 407 g/mol. The van der Waals surface area contributed by atoms with Gasteiger partial charge >= 0.3 is 0 Å². The van der Waals surface area contributed by atoms with Crippen LogP contribution in [0.25, 0.3) is 0 Å². The monoisotopic (exact) mass is 405 g/mol. The van der Waals surface area contributed by atoms with Crippen LogP contribution < -0.4 is 5.32 Å². The number of hydrogen-bond acceptors (Lipinski definition) is 3. The van der Waals surface area contributed by atoms with Crippen LogP contribution in [0.4, 0.5) is 0 Å². The number of hydrogen-bond donors (Lipinski definition) is 1. The van der Waals surface area contributed by atoms with Gasteiger partial charge in [0, 0.05) is 31.9 Å². The van der Waals surface area contributed by atoms with Gasteiger partial charge in [-0.05, 0) is 56.5 Å². The first-order valence-corrected chi connectivity index (χ1v) is 8.66. The molecule has 19 heavy (non-hydrogen) atoms. The summed E-state index contributed by atoms with van der Waals surface area (Å²) < 4.78 is 4.41. The SMILES string of the molecule is CCCNC(Cc1nccn1C)c1cc(Br)sc1Br. The standard InChI is InChI=1S/C13H17Br2N3S/c1-3-4-16-10(8-12-17-5-6-18(12)2)9-7-11(14)19-13(9)15/h5-7,10,16H,3-4,8H2,1-2H3. The molecule has 2 aromatic rings. The highest BCUT2D eigenvalue weighted by Crippen LogP contribution is 2.36. The lowest BCUT2D eigenvalue weighted by molar-refractivity contribution is 0.512. The molecule has 0 amide bonds. The first kappa shape index (κ1) is 15.2. The van der Waals surface area contributed by atoms with Gasteiger partial charge in [0.15, 0.2) is 0 Å². The van der Waals surface area contributed by atoms with Gasteiger partial charge in [0.1, 0.15) is 5.82 Å². The Morgan fingerprint density at radius 2 is 2.26 bits per heavy atom. The minimum absolute atomic E-state index is 0.290. The molecule has 2 rings (SSSR count). The predicted octanol–water partition coefficient (Wildman–Crippen LogP) is 4.29. The molecule has 0 saturated heterocycles. The van der Waals surface area contributed by atoms with Crippen LogP contribution in [0, 0.1) is 0 Å². The van der Waals surface area contributed by atoms with E-state index in [0.717, 1.165) is 29.0 Å². The van der Waals surface area contributed by atoms with Crippen molar-refractivity contribution in [2.45, 2.75) is 25.8 Å². The minimum Gasteiger partial charge on any atom is -0.338 e. The molecule has 0 saturated carbocycles. The Kier molecular flexibility index (Phi) is 5.62. The zero-order valence-electron chi connectivity index (χ0n) is 11.0. The number of aromatic nitrogens is 2. The van der Waals surface area contributed by atoms with Crippen molar-refractivity contribution in [3.8, 4) is 0 Å². The topological polar surface area (TPSA) is 29.9 Å². The molecule has 3 nitrogen and oxygen atoms in total. The predicted molar refractivity (Wildman–Crippen MR) is 87.7 cm³/mol. The van der Waals surface area contributed by atoms with Gasteiger partial charge in [-0.15, -0.1) is 11.3 Å². The van der Waals surface area contributed by atoms with Gasteiger partial charge < -0.3 is 9.88 Å². The van der Waals surface area contributed by atoms with Crippen LogP contribution in [0.2, 0.25) is 0 Å². The van der Waals surface area contributed by atoms with Crippen molar-refractivity contribution in [3.05, 3.63) is 37.4 Å². The van der Waals surface area contributed by atoms with Crippen LogP contribution >= 0.6 is 43.2 Å². The van der Waals surface area contributed by atoms with Crippen molar-refractivity contribution in [2.75, 3.05) is 6.54 Å². The lowest BCUT2D eigenvalue weighted by Crippen LogP contribution is -2.25. The summed E-state index contributed by atoms with van der Waals surface area (Å²) in [4.78, 5) is 4.42. The number of nitrogens with zero attached hydrogens (tertiary/aromatic N) is 2. The van der Waals surface area contributed by atoms with Crippen molar-refractivity contribution in [1.82, 2.24) is 14.9 Å². The first-order chi connectivity index (χ1) is 9.11. The smallest absolute Gasteiger partial charge is 0.110 e. The number of halogens is 2. The van der Waals surface area contributed by atoms with Crippen molar-refractivity contribution in [2.24, 2.45) is 7.05 Å². The second-order valence-electron chi connectivity index (χ2n) is 4.44. The summed E-state index contributed by atoms with van der Waals surface area (Å²) in [6, 6.07) is 2.48. The molecule has 0 aliphatic rings. The lowest BCUT2D eigenvalue weighted by Gasteiger charge is -2.18. The maximum atomic E-state index is 4.42. The number of rotatable bonds is 6. The van der Waals surface area contributed by atoms with Gasteiger partial charge in [-0.25, -0.2) is 4.98 Å². The third-order valence-electron chi connectivity index (χ3n) is 3.01. The average Bonchev–Trinajstić information content (AvgIpc) is 2.91. The largest absolute Gasteiger partial charge is 0.338 e. The Balaban J connectivity index is 2.20. The molecule has 1 unspecified atom stereocenters. The number of aryl methyl sites for hydroxylation is 1. The van der Waals surface area contributed by atoms with Crippen molar-refractivity contribution in [1.29, 1.82) is 0 Å². The van der Waals surface area contributed by atoms with E-state index in [9.17, 15) is 0 Å². The third kappa shape index (κ3) is 3.90. The molecule has 2 aromatic heterocycles. The Hall–Kier alpha value is -0.170.